The molecule has 1 unspecified atom stereocenters. The van der Waals surface area contributed by atoms with Crippen LogP contribution in [0, 0.1) is 0 Å². The van der Waals surface area contributed by atoms with Crippen LogP contribution in [0.2, 0.25) is 10.0 Å². The van der Waals surface area contributed by atoms with E-state index in [2.05, 4.69) is 16.1 Å². The van der Waals surface area contributed by atoms with Crippen LogP contribution in [-0.4, -0.2) is 20.7 Å². The molecule has 1 atom stereocenters. The summed E-state index contributed by atoms with van der Waals surface area (Å²) in [5.74, 6) is -0.680. The van der Waals surface area contributed by atoms with Crippen LogP contribution >= 0.6 is 39.3 Å². The van der Waals surface area contributed by atoms with E-state index in [4.69, 9.17) is 23.2 Å². The van der Waals surface area contributed by atoms with Gasteiger partial charge in [0.25, 0.3) is 0 Å². The van der Waals surface area contributed by atoms with E-state index in [1.54, 1.807) is 0 Å². The Morgan fingerprint density at radius 1 is 1.25 bits per heavy atom. The Morgan fingerprint density at radius 3 is 2.44 bits per heavy atom. The predicted molar refractivity (Wildman–Crippen MR) is 67.5 cm³/mol. The van der Waals surface area contributed by atoms with Gasteiger partial charge < -0.3 is 10.2 Å². The highest BCUT2D eigenvalue weighted by atomic mass is 79.9. The molecule has 0 saturated heterocycles. The standard InChI is InChI=1S/C10H10BrCl2NO2/c1-4-6-5(2-3-14(4)11)7(12)9(15)10(16)8(6)13/h4,15-16H,2-3H2,1H3. The Kier molecular flexibility index (Phi) is 3.27. The van der Waals surface area contributed by atoms with E-state index in [0.29, 0.717) is 6.42 Å². The molecule has 1 heterocycles. The van der Waals surface area contributed by atoms with Gasteiger partial charge in [-0.2, -0.15) is 0 Å². The van der Waals surface area contributed by atoms with Crippen molar-refractivity contribution in [2.24, 2.45) is 0 Å². The van der Waals surface area contributed by atoms with Gasteiger partial charge in [-0.15, -0.1) is 0 Å². The van der Waals surface area contributed by atoms with Crippen molar-refractivity contribution in [1.82, 2.24) is 3.93 Å². The van der Waals surface area contributed by atoms with Crippen molar-refractivity contribution in [3.8, 4) is 11.5 Å². The van der Waals surface area contributed by atoms with Crippen molar-refractivity contribution in [1.29, 1.82) is 0 Å². The molecule has 0 amide bonds. The Balaban J connectivity index is 2.72. The third kappa shape index (κ3) is 1.68. The minimum Gasteiger partial charge on any atom is -0.503 e. The number of fused-ring (bicyclic) bond motifs is 1. The molecule has 3 nitrogen and oxygen atoms in total. The van der Waals surface area contributed by atoms with Gasteiger partial charge >= 0.3 is 0 Å². The number of rotatable bonds is 0. The minimum absolute atomic E-state index is 0.000231. The second kappa shape index (κ2) is 4.26. The Bertz CT molecular complexity index is 453. The number of phenols is 2. The lowest BCUT2D eigenvalue weighted by Gasteiger charge is -2.32. The van der Waals surface area contributed by atoms with E-state index in [1.165, 1.54) is 0 Å². The average molecular weight is 327 g/mol. The molecule has 16 heavy (non-hydrogen) atoms. The summed E-state index contributed by atoms with van der Waals surface area (Å²) >= 11 is 15.4. The van der Waals surface area contributed by atoms with Gasteiger partial charge in [0.1, 0.15) is 0 Å². The van der Waals surface area contributed by atoms with Gasteiger partial charge in [0.2, 0.25) is 0 Å². The number of hydrogen-bond donors (Lipinski definition) is 2. The van der Waals surface area contributed by atoms with Crippen molar-refractivity contribution >= 4 is 39.3 Å². The molecule has 0 spiro atoms. The summed E-state index contributed by atoms with van der Waals surface area (Å²) < 4.78 is 1.94. The van der Waals surface area contributed by atoms with Gasteiger partial charge in [0.15, 0.2) is 11.5 Å². The molecule has 1 aromatic rings. The highest BCUT2D eigenvalue weighted by Gasteiger charge is 2.30. The Labute approximate surface area is 112 Å². The van der Waals surface area contributed by atoms with Gasteiger partial charge in [-0.25, -0.2) is 3.93 Å². The molecule has 1 aromatic carbocycles. The average Bonchev–Trinajstić information content (AvgIpc) is 2.27. The van der Waals surface area contributed by atoms with E-state index < -0.39 is 0 Å². The molecule has 0 saturated carbocycles. The summed E-state index contributed by atoms with van der Waals surface area (Å²) in [4.78, 5) is 0. The number of phenolic OH excluding ortho intramolecular Hbond substituents is 2. The highest BCUT2D eigenvalue weighted by Crippen LogP contribution is 2.49. The third-order valence-corrected chi connectivity index (χ3v) is 4.64. The number of hydrogen-bond acceptors (Lipinski definition) is 3. The topological polar surface area (TPSA) is 43.7 Å². The fourth-order valence-corrected chi connectivity index (χ4v) is 2.99. The van der Waals surface area contributed by atoms with Crippen molar-refractivity contribution in [3.05, 3.63) is 21.2 Å². The highest BCUT2D eigenvalue weighted by molar-refractivity contribution is 9.07. The molecule has 0 fully saturated rings. The normalized spacial score (nSPS) is 20.9. The lowest BCUT2D eigenvalue weighted by molar-refractivity contribution is 0.366. The molecule has 2 rings (SSSR count). The molecule has 0 aliphatic carbocycles. The maximum Gasteiger partial charge on any atom is 0.178 e. The van der Waals surface area contributed by atoms with Gasteiger partial charge in [-0.3, -0.25) is 0 Å². The first-order chi connectivity index (χ1) is 7.45. The first-order valence-electron chi connectivity index (χ1n) is 4.79. The molecular formula is C10H10BrCl2NO2. The minimum atomic E-state index is -0.347. The second-order valence-corrected chi connectivity index (χ2v) is 5.43. The van der Waals surface area contributed by atoms with E-state index >= 15 is 0 Å². The first kappa shape index (κ1) is 12.3. The number of aromatic hydroxyl groups is 2. The molecule has 88 valence electrons. The van der Waals surface area contributed by atoms with Crippen LogP contribution in [0.3, 0.4) is 0 Å². The summed E-state index contributed by atoms with van der Waals surface area (Å²) in [6.45, 7) is 2.72. The third-order valence-electron chi connectivity index (χ3n) is 2.88. The van der Waals surface area contributed by atoms with E-state index in [9.17, 15) is 10.2 Å². The maximum atomic E-state index is 9.65. The van der Waals surface area contributed by atoms with Crippen LogP contribution in [0.25, 0.3) is 0 Å². The number of nitrogens with zero attached hydrogens (tertiary/aromatic N) is 1. The van der Waals surface area contributed by atoms with Crippen molar-refractivity contribution in [2.45, 2.75) is 19.4 Å². The molecule has 0 radical (unpaired) electrons. The van der Waals surface area contributed by atoms with Crippen LogP contribution in [0.5, 0.6) is 11.5 Å². The largest absolute Gasteiger partial charge is 0.503 e. The van der Waals surface area contributed by atoms with Crippen molar-refractivity contribution < 1.29 is 10.2 Å². The maximum absolute atomic E-state index is 9.65. The SMILES string of the molecule is CC1c2c(Cl)c(O)c(O)c(Cl)c2CCN1Br. The Hall–Kier alpha value is -0.160. The van der Waals surface area contributed by atoms with Gasteiger partial charge in [0, 0.05) is 28.7 Å². The lowest BCUT2D eigenvalue weighted by Crippen LogP contribution is -2.26. The Morgan fingerprint density at radius 2 is 1.81 bits per heavy atom. The van der Waals surface area contributed by atoms with E-state index in [-0.39, 0.29) is 27.6 Å². The molecule has 1 aliphatic heterocycles. The monoisotopic (exact) mass is 325 g/mol. The van der Waals surface area contributed by atoms with E-state index in [0.717, 1.165) is 17.7 Å². The van der Waals surface area contributed by atoms with Gasteiger partial charge in [-0.05, 0) is 24.5 Å². The van der Waals surface area contributed by atoms with Crippen LogP contribution in [0.4, 0.5) is 0 Å². The van der Waals surface area contributed by atoms with Crippen molar-refractivity contribution in [3.63, 3.8) is 0 Å². The van der Waals surface area contributed by atoms with E-state index in [1.807, 2.05) is 10.8 Å². The molecule has 0 aromatic heterocycles. The summed E-state index contributed by atoms with van der Waals surface area (Å²) in [5.41, 5.74) is 1.58. The quantitative estimate of drug-likeness (QED) is 0.565. The van der Waals surface area contributed by atoms with Crippen LogP contribution in [0.15, 0.2) is 0 Å². The first-order valence-corrected chi connectivity index (χ1v) is 6.25. The number of halogens is 3. The zero-order valence-electron chi connectivity index (χ0n) is 8.47. The summed E-state index contributed by atoms with van der Waals surface area (Å²) in [7, 11) is 0. The van der Waals surface area contributed by atoms with Crippen LogP contribution < -0.4 is 0 Å². The fraction of sp³-hybridized carbons (Fsp3) is 0.400. The lowest BCUT2D eigenvalue weighted by atomic mass is 9.94. The predicted octanol–water partition coefficient (Wildman–Crippen LogP) is 3.63. The van der Waals surface area contributed by atoms with Crippen molar-refractivity contribution in [2.75, 3.05) is 6.54 Å². The fourth-order valence-electron chi connectivity index (χ4n) is 1.96. The molecule has 0 bridgehead atoms. The summed E-state index contributed by atoms with van der Waals surface area (Å²) in [5, 5.41) is 19.6. The molecule has 6 heteroatoms. The zero-order chi connectivity index (χ0) is 12.0. The zero-order valence-corrected chi connectivity index (χ0v) is 11.6. The van der Waals surface area contributed by atoms with Crippen LogP contribution in [-0.2, 0) is 6.42 Å². The molecule has 1 aliphatic rings. The summed E-state index contributed by atoms with van der Waals surface area (Å²) in [6, 6.07) is 0.000231. The smallest absolute Gasteiger partial charge is 0.178 e. The second-order valence-electron chi connectivity index (χ2n) is 3.77. The molecular weight excluding hydrogens is 317 g/mol. The van der Waals surface area contributed by atoms with Gasteiger partial charge in [-0.1, -0.05) is 23.2 Å². The number of benzene rings is 1. The summed E-state index contributed by atoms with van der Waals surface area (Å²) in [6.07, 6.45) is 0.678. The van der Waals surface area contributed by atoms with Crippen LogP contribution in [0.1, 0.15) is 24.1 Å². The molecule has 2 N–H and O–H groups in total. The van der Waals surface area contributed by atoms with Gasteiger partial charge in [0.05, 0.1) is 10.0 Å².